The van der Waals surface area contributed by atoms with Crippen LogP contribution in [-0.4, -0.2) is 11.9 Å². The third kappa shape index (κ3) is 4.51. The van der Waals surface area contributed by atoms with Gasteiger partial charge in [0.15, 0.2) is 5.76 Å². The molecule has 0 bridgehead atoms. The summed E-state index contributed by atoms with van der Waals surface area (Å²) in [6.07, 6.45) is 1.50. The molecule has 0 aliphatic rings. The van der Waals surface area contributed by atoms with Gasteiger partial charge in [-0.2, -0.15) is 0 Å². The first-order chi connectivity index (χ1) is 7.41. The lowest BCUT2D eigenvalue weighted by Gasteiger charge is -2.27. The number of nitrogens with one attached hydrogen (secondary N) is 1. The summed E-state index contributed by atoms with van der Waals surface area (Å²) in [5.41, 5.74) is 0.0578. The van der Waals surface area contributed by atoms with Gasteiger partial charge >= 0.3 is 0 Å². The van der Waals surface area contributed by atoms with Crippen molar-refractivity contribution in [2.75, 3.05) is 0 Å². The zero-order valence-electron chi connectivity index (χ0n) is 11.1. The molecule has 0 fully saturated rings. The summed E-state index contributed by atoms with van der Waals surface area (Å²) in [4.78, 5) is 11.6. The fraction of sp³-hybridized carbons (Fsp3) is 0.615. The Balaban J connectivity index is 0.00000106. The minimum absolute atomic E-state index is 0.0578. The number of hydrogen-bond acceptors (Lipinski definition) is 2. The third-order valence-corrected chi connectivity index (χ3v) is 2.39. The van der Waals surface area contributed by atoms with Crippen LogP contribution in [0.15, 0.2) is 22.8 Å². The highest BCUT2D eigenvalue weighted by atomic mass is 16.3. The molecule has 16 heavy (non-hydrogen) atoms. The summed E-state index contributed by atoms with van der Waals surface area (Å²) < 4.78 is 5.00. The van der Waals surface area contributed by atoms with Gasteiger partial charge in [-0.05, 0) is 24.5 Å². The highest BCUT2D eigenvalue weighted by Crippen LogP contribution is 2.18. The van der Waals surface area contributed by atoms with Crippen LogP contribution in [0.3, 0.4) is 0 Å². The number of rotatable bonds is 2. The Hall–Kier alpha value is -1.25. The van der Waals surface area contributed by atoms with E-state index in [1.165, 1.54) is 6.26 Å². The maximum absolute atomic E-state index is 11.6. The van der Waals surface area contributed by atoms with E-state index in [-0.39, 0.29) is 17.4 Å². The SMILES string of the molecule is CC.CC(NC(=O)c1ccco1)C(C)(C)C. The van der Waals surface area contributed by atoms with Crippen LogP contribution in [0.5, 0.6) is 0 Å². The standard InChI is InChI=1S/C11H17NO2.C2H6/c1-8(11(2,3)4)12-10(13)9-6-5-7-14-9;1-2/h5-8H,1-4H3,(H,12,13);1-2H3. The van der Waals surface area contributed by atoms with Crippen molar-refractivity contribution in [1.82, 2.24) is 5.32 Å². The van der Waals surface area contributed by atoms with E-state index in [1.807, 2.05) is 20.8 Å². The highest BCUT2D eigenvalue weighted by molar-refractivity contribution is 5.91. The average Bonchev–Trinajstić information content (AvgIpc) is 2.72. The summed E-state index contributed by atoms with van der Waals surface area (Å²) in [5.74, 6) is 0.207. The number of furan rings is 1. The molecule has 0 spiro atoms. The third-order valence-electron chi connectivity index (χ3n) is 2.39. The summed E-state index contributed by atoms with van der Waals surface area (Å²) in [7, 11) is 0. The van der Waals surface area contributed by atoms with Crippen molar-refractivity contribution >= 4 is 5.91 Å². The van der Waals surface area contributed by atoms with Gasteiger partial charge < -0.3 is 9.73 Å². The largest absolute Gasteiger partial charge is 0.459 e. The van der Waals surface area contributed by atoms with E-state index in [0.717, 1.165) is 0 Å². The summed E-state index contributed by atoms with van der Waals surface area (Å²) in [6, 6.07) is 3.47. The number of amides is 1. The van der Waals surface area contributed by atoms with Gasteiger partial charge in [0, 0.05) is 6.04 Å². The Labute approximate surface area is 98.2 Å². The molecule has 0 saturated carbocycles. The Kier molecular flexibility index (Phi) is 5.86. The van der Waals surface area contributed by atoms with Gasteiger partial charge in [0.25, 0.3) is 5.91 Å². The van der Waals surface area contributed by atoms with Crippen LogP contribution >= 0.6 is 0 Å². The zero-order chi connectivity index (χ0) is 12.8. The van der Waals surface area contributed by atoms with E-state index in [2.05, 4.69) is 26.1 Å². The van der Waals surface area contributed by atoms with Crippen molar-refractivity contribution < 1.29 is 9.21 Å². The molecule has 3 nitrogen and oxygen atoms in total. The molecule has 1 unspecified atom stereocenters. The predicted molar refractivity (Wildman–Crippen MR) is 66.4 cm³/mol. The quantitative estimate of drug-likeness (QED) is 0.837. The second-order valence-electron chi connectivity index (χ2n) is 4.54. The number of carbonyl (C=O) groups excluding carboxylic acids is 1. The Morgan fingerprint density at radius 2 is 1.94 bits per heavy atom. The van der Waals surface area contributed by atoms with Crippen LogP contribution < -0.4 is 5.32 Å². The van der Waals surface area contributed by atoms with E-state index in [0.29, 0.717) is 5.76 Å². The van der Waals surface area contributed by atoms with Crippen molar-refractivity contribution in [3.05, 3.63) is 24.2 Å². The molecule has 1 heterocycles. The molecule has 0 radical (unpaired) electrons. The van der Waals surface area contributed by atoms with Crippen molar-refractivity contribution in [2.45, 2.75) is 47.6 Å². The van der Waals surface area contributed by atoms with E-state index in [9.17, 15) is 4.79 Å². The topological polar surface area (TPSA) is 42.2 Å². The predicted octanol–water partition coefficient (Wildman–Crippen LogP) is 3.47. The summed E-state index contributed by atoms with van der Waals surface area (Å²) in [5, 5.41) is 2.89. The Morgan fingerprint density at radius 3 is 2.31 bits per heavy atom. The minimum Gasteiger partial charge on any atom is -0.459 e. The maximum atomic E-state index is 11.6. The van der Waals surface area contributed by atoms with Crippen LogP contribution in [0.4, 0.5) is 0 Å². The van der Waals surface area contributed by atoms with Gasteiger partial charge in [-0.1, -0.05) is 34.6 Å². The Bertz CT molecular complexity index is 296. The van der Waals surface area contributed by atoms with Gasteiger partial charge in [-0.15, -0.1) is 0 Å². The van der Waals surface area contributed by atoms with E-state index < -0.39 is 0 Å². The molecular formula is C13H23NO2. The van der Waals surface area contributed by atoms with Crippen molar-refractivity contribution in [3.8, 4) is 0 Å². The van der Waals surface area contributed by atoms with E-state index in [4.69, 9.17) is 4.42 Å². The minimum atomic E-state index is -0.155. The van der Waals surface area contributed by atoms with E-state index >= 15 is 0 Å². The lowest BCUT2D eigenvalue weighted by Crippen LogP contribution is -2.41. The molecule has 1 aromatic rings. The van der Waals surface area contributed by atoms with Gasteiger partial charge in [-0.25, -0.2) is 0 Å². The zero-order valence-corrected chi connectivity index (χ0v) is 11.1. The van der Waals surface area contributed by atoms with Gasteiger partial charge in [0.1, 0.15) is 0 Å². The van der Waals surface area contributed by atoms with Crippen molar-refractivity contribution in [2.24, 2.45) is 5.41 Å². The van der Waals surface area contributed by atoms with Crippen molar-refractivity contribution in [3.63, 3.8) is 0 Å². The molecular weight excluding hydrogens is 202 g/mol. The molecule has 1 N–H and O–H groups in total. The monoisotopic (exact) mass is 225 g/mol. The molecule has 3 heteroatoms. The second kappa shape index (κ2) is 6.36. The first kappa shape index (κ1) is 14.8. The van der Waals surface area contributed by atoms with Crippen LogP contribution in [0.2, 0.25) is 0 Å². The smallest absolute Gasteiger partial charge is 0.287 e. The first-order valence-corrected chi connectivity index (χ1v) is 5.75. The lowest BCUT2D eigenvalue weighted by atomic mass is 9.88. The normalized spacial score (nSPS) is 12.4. The molecule has 1 amide bonds. The molecule has 0 aliphatic carbocycles. The van der Waals surface area contributed by atoms with Crippen LogP contribution in [0.25, 0.3) is 0 Å². The molecule has 1 aromatic heterocycles. The molecule has 1 atom stereocenters. The molecule has 0 saturated heterocycles. The van der Waals surface area contributed by atoms with Crippen molar-refractivity contribution in [1.29, 1.82) is 0 Å². The molecule has 0 aromatic carbocycles. The number of hydrogen-bond donors (Lipinski definition) is 1. The summed E-state index contributed by atoms with van der Waals surface area (Å²) >= 11 is 0. The van der Waals surface area contributed by atoms with E-state index in [1.54, 1.807) is 12.1 Å². The Morgan fingerprint density at radius 1 is 1.38 bits per heavy atom. The van der Waals surface area contributed by atoms with Gasteiger partial charge in [0.2, 0.25) is 0 Å². The average molecular weight is 225 g/mol. The molecule has 1 rings (SSSR count). The summed E-state index contributed by atoms with van der Waals surface area (Å²) in [6.45, 7) is 12.2. The van der Waals surface area contributed by atoms with Crippen LogP contribution in [0, 0.1) is 5.41 Å². The maximum Gasteiger partial charge on any atom is 0.287 e. The fourth-order valence-corrected chi connectivity index (χ4v) is 0.892. The first-order valence-electron chi connectivity index (χ1n) is 5.75. The molecule has 0 aliphatic heterocycles. The number of carbonyl (C=O) groups is 1. The highest BCUT2D eigenvalue weighted by Gasteiger charge is 2.22. The lowest BCUT2D eigenvalue weighted by molar-refractivity contribution is 0.0882. The van der Waals surface area contributed by atoms with Gasteiger partial charge in [-0.3, -0.25) is 4.79 Å². The van der Waals surface area contributed by atoms with Crippen LogP contribution in [0.1, 0.15) is 52.1 Å². The van der Waals surface area contributed by atoms with Crippen LogP contribution in [-0.2, 0) is 0 Å². The fourth-order valence-electron chi connectivity index (χ4n) is 0.892. The second-order valence-corrected chi connectivity index (χ2v) is 4.54. The molecule has 92 valence electrons. The van der Waals surface area contributed by atoms with Gasteiger partial charge in [0.05, 0.1) is 6.26 Å².